The minimum atomic E-state index is -0.475. The topological polar surface area (TPSA) is 26.3 Å². The van der Waals surface area contributed by atoms with Gasteiger partial charge in [0.25, 0.3) is 0 Å². The maximum absolute atomic E-state index is 13.1. The van der Waals surface area contributed by atoms with Crippen LogP contribution in [0.2, 0.25) is 10.0 Å². The van der Waals surface area contributed by atoms with E-state index in [9.17, 15) is 9.18 Å². The van der Waals surface area contributed by atoms with Crippen molar-refractivity contribution < 1.29 is 13.9 Å². The number of benzene rings is 2. The van der Waals surface area contributed by atoms with Gasteiger partial charge in [0.15, 0.2) is 5.78 Å². The van der Waals surface area contributed by atoms with E-state index in [1.54, 1.807) is 18.2 Å². The second kappa shape index (κ2) is 6.25. The summed E-state index contributed by atoms with van der Waals surface area (Å²) in [6, 6.07) is 8.96. The standard InChI is InChI=1S/C15H11Cl2FO2/c1-9(19)12-7-11(18)3-5-15(12)20-8-10-2-4-13(16)14(17)6-10/h2-7H,8H2,1H3. The van der Waals surface area contributed by atoms with E-state index in [1.165, 1.54) is 19.1 Å². The summed E-state index contributed by atoms with van der Waals surface area (Å²) in [5.74, 6) is -0.393. The van der Waals surface area contributed by atoms with Crippen molar-refractivity contribution in [3.05, 3.63) is 63.4 Å². The van der Waals surface area contributed by atoms with E-state index < -0.39 is 5.82 Å². The van der Waals surface area contributed by atoms with Gasteiger partial charge in [0.1, 0.15) is 18.2 Å². The molecule has 0 amide bonds. The van der Waals surface area contributed by atoms with E-state index in [0.717, 1.165) is 11.6 Å². The number of carbonyl (C=O) groups excluding carboxylic acids is 1. The quantitative estimate of drug-likeness (QED) is 0.749. The summed E-state index contributed by atoms with van der Waals surface area (Å²) >= 11 is 11.7. The lowest BCUT2D eigenvalue weighted by Crippen LogP contribution is -2.02. The van der Waals surface area contributed by atoms with Gasteiger partial charge in [-0.3, -0.25) is 4.79 Å². The van der Waals surface area contributed by atoms with Crippen LogP contribution in [0.15, 0.2) is 36.4 Å². The Morgan fingerprint density at radius 2 is 1.90 bits per heavy atom. The highest BCUT2D eigenvalue weighted by Crippen LogP contribution is 2.25. The van der Waals surface area contributed by atoms with Gasteiger partial charge in [-0.05, 0) is 42.8 Å². The lowest BCUT2D eigenvalue weighted by atomic mass is 10.1. The van der Waals surface area contributed by atoms with Gasteiger partial charge in [-0.25, -0.2) is 4.39 Å². The van der Waals surface area contributed by atoms with Crippen molar-refractivity contribution in [2.45, 2.75) is 13.5 Å². The zero-order chi connectivity index (χ0) is 14.7. The van der Waals surface area contributed by atoms with E-state index in [4.69, 9.17) is 27.9 Å². The molecule has 0 spiro atoms. The number of halogens is 3. The van der Waals surface area contributed by atoms with E-state index in [0.29, 0.717) is 15.8 Å². The Labute approximate surface area is 126 Å². The Balaban J connectivity index is 2.18. The summed E-state index contributed by atoms with van der Waals surface area (Å²) in [6.45, 7) is 1.57. The van der Waals surface area contributed by atoms with Gasteiger partial charge in [-0.1, -0.05) is 29.3 Å². The Morgan fingerprint density at radius 3 is 2.55 bits per heavy atom. The van der Waals surface area contributed by atoms with Crippen LogP contribution < -0.4 is 4.74 Å². The number of hydrogen-bond donors (Lipinski definition) is 0. The summed E-state index contributed by atoms with van der Waals surface area (Å²) in [7, 11) is 0. The molecule has 0 bridgehead atoms. The number of ether oxygens (including phenoxy) is 1. The normalized spacial score (nSPS) is 10.4. The minimum Gasteiger partial charge on any atom is -0.488 e. The lowest BCUT2D eigenvalue weighted by molar-refractivity contribution is 0.101. The van der Waals surface area contributed by atoms with Gasteiger partial charge >= 0.3 is 0 Å². The molecule has 0 atom stereocenters. The highest BCUT2D eigenvalue weighted by Gasteiger charge is 2.10. The SMILES string of the molecule is CC(=O)c1cc(F)ccc1OCc1ccc(Cl)c(Cl)c1. The van der Waals surface area contributed by atoms with Gasteiger partial charge in [-0.15, -0.1) is 0 Å². The lowest BCUT2D eigenvalue weighted by Gasteiger charge is -2.10. The molecule has 2 aromatic carbocycles. The molecule has 0 N–H and O–H groups in total. The molecule has 0 aromatic heterocycles. The average molecular weight is 313 g/mol. The third-order valence-corrected chi connectivity index (χ3v) is 3.44. The summed E-state index contributed by atoms with van der Waals surface area (Å²) in [6.07, 6.45) is 0. The van der Waals surface area contributed by atoms with Gasteiger partial charge in [0, 0.05) is 0 Å². The molecular formula is C15H11Cl2FO2. The van der Waals surface area contributed by atoms with Crippen LogP contribution in [0, 0.1) is 5.82 Å². The Bertz CT molecular complexity index is 656. The molecule has 0 heterocycles. The van der Waals surface area contributed by atoms with Gasteiger partial charge in [0.2, 0.25) is 0 Å². The fourth-order valence-electron chi connectivity index (χ4n) is 1.69. The molecule has 0 unspecified atom stereocenters. The molecular weight excluding hydrogens is 302 g/mol. The average Bonchev–Trinajstić information content (AvgIpc) is 2.41. The predicted octanol–water partition coefficient (Wildman–Crippen LogP) is 4.91. The highest BCUT2D eigenvalue weighted by atomic mass is 35.5. The molecule has 2 rings (SSSR count). The van der Waals surface area contributed by atoms with Gasteiger partial charge < -0.3 is 4.74 Å². The molecule has 0 aliphatic carbocycles. The molecule has 0 saturated carbocycles. The summed E-state index contributed by atoms with van der Waals surface area (Å²) in [5, 5.41) is 0.889. The van der Waals surface area contributed by atoms with Crippen LogP contribution in [0.1, 0.15) is 22.8 Å². The van der Waals surface area contributed by atoms with Crippen LogP contribution in [-0.4, -0.2) is 5.78 Å². The second-order valence-electron chi connectivity index (χ2n) is 4.23. The van der Waals surface area contributed by atoms with Crippen molar-refractivity contribution in [2.75, 3.05) is 0 Å². The molecule has 2 aromatic rings. The van der Waals surface area contributed by atoms with Crippen LogP contribution in [0.5, 0.6) is 5.75 Å². The molecule has 2 nitrogen and oxygen atoms in total. The van der Waals surface area contributed by atoms with Crippen LogP contribution in [0.25, 0.3) is 0 Å². The van der Waals surface area contributed by atoms with Gasteiger partial charge in [-0.2, -0.15) is 0 Å². The smallest absolute Gasteiger partial charge is 0.163 e. The fourth-order valence-corrected chi connectivity index (χ4v) is 2.01. The largest absolute Gasteiger partial charge is 0.488 e. The van der Waals surface area contributed by atoms with Crippen molar-refractivity contribution in [1.82, 2.24) is 0 Å². The first-order chi connectivity index (χ1) is 9.47. The summed E-state index contributed by atoms with van der Waals surface area (Å²) in [5.41, 5.74) is 1.02. The van der Waals surface area contributed by atoms with Crippen molar-refractivity contribution in [3.63, 3.8) is 0 Å². The Morgan fingerprint density at radius 1 is 1.15 bits per heavy atom. The van der Waals surface area contributed by atoms with E-state index in [-0.39, 0.29) is 18.0 Å². The third-order valence-electron chi connectivity index (χ3n) is 2.70. The van der Waals surface area contributed by atoms with Crippen molar-refractivity contribution >= 4 is 29.0 Å². The van der Waals surface area contributed by atoms with E-state index in [2.05, 4.69) is 0 Å². The number of rotatable bonds is 4. The van der Waals surface area contributed by atoms with Crippen LogP contribution in [0.4, 0.5) is 4.39 Å². The van der Waals surface area contributed by atoms with E-state index >= 15 is 0 Å². The summed E-state index contributed by atoms with van der Waals surface area (Å²) < 4.78 is 18.7. The van der Waals surface area contributed by atoms with Gasteiger partial charge in [0.05, 0.1) is 15.6 Å². The maximum atomic E-state index is 13.1. The number of Topliss-reactive ketones (excluding diaryl/α,β-unsaturated/α-hetero) is 1. The van der Waals surface area contributed by atoms with Crippen LogP contribution in [0.3, 0.4) is 0 Å². The predicted molar refractivity (Wildman–Crippen MR) is 77.2 cm³/mol. The monoisotopic (exact) mass is 312 g/mol. The maximum Gasteiger partial charge on any atom is 0.163 e. The van der Waals surface area contributed by atoms with Crippen molar-refractivity contribution in [2.24, 2.45) is 0 Å². The first-order valence-electron chi connectivity index (χ1n) is 5.84. The molecule has 5 heteroatoms. The summed E-state index contributed by atoms with van der Waals surface area (Å²) in [4.78, 5) is 11.4. The number of ketones is 1. The molecule has 20 heavy (non-hydrogen) atoms. The van der Waals surface area contributed by atoms with Crippen molar-refractivity contribution in [1.29, 1.82) is 0 Å². The molecule has 0 saturated heterocycles. The molecule has 0 fully saturated rings. The zero-order valence-corrected chi connectivity index (χ0v) is 12.1. The number of hydrogen-bond acceptors (Lipinski definition) is 2. The van der Waals surface area contributed by atoms with Crippen LogP contribution in [-0.2, 0) is 6.61 Å². The second-order valence-corrected chi connectivity index (χ2v) is 5.05. The first kappa shape index (κ1) is 14.8. The molecule has 0 aliphatic rings. The molecule has 0 radical (unpaired) electrons. The Kier molecular flexibility index (Phi) is 4.63. The molecule has 104 valence electrons. The van der Waals surface area contributed by atoms with E-state index in [1.807, 2.05) is 0 Å². The Hall–Kier alpha value is -1.58. The fraction of sp³-hybridized carbons (Fsp3) is 0.133. The highest BCUT2D eigenvalue weighted by molar-refractivity contribution is 6.42. The zero-order valence-electron chi connectivity index (χ0n) is 10.6. The first-order valence-corrected chi connectivity index (χ1v) is 6.60. The van der Waals surface area contributed by atoms with Crippen molar-refractivity contribution in [3.8, 4) is 5.75 Å². The third kappa shape index (κ3) is 3.50. The minimum absolute atomic E-state index is 0.211. The number of carbonyl (C=O) groups is 1. The molecule has 0 aliphatic heterocycles. The van der Waals surface area contributed by atoms with Crippen LogP contribution >= 0.6 is 23.2 Å².